The molecule has 20 heavy (non-hydrogen) atoms. The summed E-state index contributed by atoms with van der Waals surface area (Å²) in [4.78, 5) is 4.38. The van der Waals surface area contributed by atoms with Crippen LogP contribution in [0, 0.1) is 0 Å². The second kappa shape index (κ2) is 8.39. The Morgan fingerprint density at radius 1 is 1.45 bits per heavy atom. The molecule has 0 radical (unpaired) electrons. The minimum absolute atomic E-state index is 0.303. The number of hydrogen-bond donors (Lipinski definition) is 2. The number of ether oxygens (including phenoxy) is 1. The molecular formula is C14H27N3OS2. The van der Waals surface area contributed by atoms with Crippen LogP contribution in [0.2, 0.25) is 0 Å². The maximum Gasteiger partial charge on any atom is 0.191 e. The van der Waals surface area contributed by atoms with Gasteiger partial charge in [-0.1, -0.05) is 0 Å². The molecule has 0 aromatic heterocycles. The van der Waals surface area contributed by atoms with Gasteiger partial charge in [-0.25, -0.2) is 0 Å². The predicted molar refractivity (Wildman–Crippen MR) is 91.1 cm³/mol. The quantitative estimate of drug-likeness (QED) is 0.613. The summed E-state index contributed by atoms with van der Waals surface area (Å²) in [6, 6.07) is 0.569. The van der Waals surface area contributed by atoms with E-state index in [-0.39, 0.29) is 0 Å². The lowest BCUT2D eigenvalue weighted by Crippen LogP contribution is -2.51. The van der Waals surface area contributed by atoms with Gasteiger partial charge in [0.2, 0.25) is 0 Å². The van der Waals surface area contributed by atoms with Gasteiger partial charge in [-0.05, 0) is 37.7 Å². The van der Waals surface area contributed by atoms with Crippen molar-refractivity contribution in [2.45, 2.75) is 36.5 Å². The van der Waals surface area contributed by atoms with Crippen LogP contribution < -0.4 is 10.6 Å². The molecule has 2 aliphatic rings. The minimum Gasteiger partial charge on any atom is -0.381 e. The molecule has 2 rings (SSSR count). The van der Waals surface area contributed by atoms with E-state index >= 15 is 0 Å². The van der Waals surface area contributed by atoms with E-state index in [2.05, 4.69) is 21.9 Å². The Kier molecular flexibility index (Phi) is 6.84. The summed E-state index contributed by atoms with van der Waals surface area (Å²) >= 11 is 4.00. The molecule has 0 bridgehead atoms. The molecule has 0 aromatic carbocycles. The van der Waals surface area contributed by atoms with Crippen molar-refractivity contribution in [2.24, 2.45) is 4.99 Å². The van der Waals surface area contributed by atoms with Crippen LogP contribution in [-0.2, 0) is 4.74 Å². The molecule has 2 heterocycles. The molecule has 0 aromatic rings. The summed E-state index contributed by atoms with van der Waals surface area (Å²) in [5, 5.41) is 7.10. The second-order valence-corrected chi connectivity index (χ2v) is 7.91. The molecule has 1 atom stereocenters. The van der Waals surface area contributed by atoms with Gasteiger partial charge in [0.05, 0.1) is 0 Å². The number of nitrogens with one attached hydrogen (secondary N) is 2. The lowest BCUT2D eigenvalue weighted by molar-refractivity contribution is 0.0782. The van der Waals surface area contributed by atoms with Gasteiger partial charge in [0, 0.05) is 43.3 Å². The first kappa shape index (κ1) is 16.3. The Hall–Kier alpha value is -0.0700. The van der Waals surface area contributed by atoms with E-state index in [4.69, 9.17) is 4.74 Å². The first-order valence-corrected chi connectivity index (χ1v) is 9.84. The van der Waals surface area contributed by atoms with Crippen LogP contribution in [0.15, 0.2) is 4.99 Å². The molecule has 2 N–H and O–H groups in total. The molecule has 116 valence electrons. The second-order valence-electron chi connectivity index (χ2n) is 5.48. The van der Waals surface area contributed by atoms with E-state index in [0.717, 1.165) is 38.6 Å². The molecule has 2 aliphatic heterocycles. The lowest BCUT2D eigenvalue weighted by Gasteiger charge is -2.36. The Labute approximate surface area is 131 Å². The monoisotopic (exact) mass is 317 g/mol. The lowest BCUT2D eigenvalue weighted by atomic mass is 9.99. The highest BCUT2D eigenvalue weighted by atomic mass is 32.2. The Morgan fingerprint density at radius 2 is 2.25 bits per heavy atom. The van der Waals surface area contributed by atoms with E-state index < -0.39 is 0 Å². The van der Waals surface area contributed by atoms with E-state index in [9.17, 15) is 0 Å². The van der Waals surface area contributed by atoms with Crippen LogP contribution in [0.4, 0.5) is 0 Å². The zero-order valence-corrected chi connectivity index (χ0v) is 14.2. The summed E-state index contributed by atoms with van der Waals surface area (Å²) < 4.78 is 5.79. The average molecular weight is 318 g/mol. The van der Waals surface area contributed by atoms with Gasteiger partial charge < -0.3 is 15.4 Å². The van der Waals surface area contributed by atoms with Crippen molar-refractivity contribution in [3.8, 4) is 0 Å². The highest BCUT2D eigenvalue weighted by Gasteiger charge is 2.32. The summed E-state index contributed by atoms with van der Waals surface area (Å²) in [5.41, 5.74) is 0. The number of aliphatic imine (C=N–C) groups is 1. The number of nitrogens with zero attached hydrogens (tertiary/aromatic N) is 1. The summed E-state index contributed by atoms with van der Waals surface area (Å²) in [7, 11) is 1.86. The molecule has 0 saturated carbocycles. The fourth-order valence-electron chi connectivity index (χ4n) is 2.68. The Balaban J connectivity index is 1.80. The fourth-order valence-corrected chi connectivity index (χ4v) is 4.55. The van der Waals surface area contributed by atoms with Gasteiger partial charge >= 0.3 is 0 Å². The molecule has 0 spiro atoms. The fraction of sp³-hybridized carbons (Fsp3) is 0.929. The summed E-state index contributed by atoms with van der Waals surface area (Å²) in [6.45, 7) is 2.73. The topological polar surface area (TPSA) is 45.7 Å². The molecule has 2 saturated heterocycles. The molecule has 0 amide bonds. The molecule has 4 nitrogen and oxygen atoms in total. The van der Waals surface area contributed by atoms with Gasteiger partial charge in [-0.3, -0.25) is 4.99 Å². The Morgan fingerprint density at radius 3 is 2.85 bits per heavy atom. The average Bonchev–Trinajstić information content (AvgIpc) is 2.53. The van der Waals surface area contributed by atoms with Crippen LogP contribution in [-0.4, -0.2) is 61.3 Å². The first-order valence-electron chi connectivity index (χ1n) is 7.46. The molecule has 0 aliphatic carbocycles. The molecule has 1 unspecified atom stereocenters. The Bertz CT molecular complexity index is 314. The van der Waals surface area contributed by atoms with E-state index in [1.165, 1.54) is 24.3 Å². The van der Waals surface area contributed by atoms with Crippen molar-refractivity contribution < 1.29 is 4.74 Å². The van der Waals surface area contributed by atoms with E-state index in [0.29, 0.717) is 10.8 Å². The maximum absolute atomic E-state index is 5.49. The minimum atomic E-state index is 0.303. The smallest absolute Gasteiger partial charge is 0.191 e. The first-order chi connectivity index (χ1) is 9.78. The van der Waals surface area contributed by atoms with Crippen LogP contribution >= 0.6 is 23.5 Å². The molecule has 2 fully saturated rings. The largest absolute Gasteiger partial charge is 0.381 e. The van der Waals surface area contributed by atoms with Gasteiger partial charge in [0.15, 0.2) is 5.96 Å². The normalized spacial score (nSPS) is 27.1. The van der Waals surface area contributed by atoms with Crippen molar-refractivity contribution in [3.63, 3.8) is 0 Å². The molecular weight excluding hydrogens is 290 g/mol. The van der Waals surface area contributed by atoms with Gasteiger partial charge in [-0.2, -0.15) is 23.5 Å². The molecule has 6 heteroatoms. The summed E-state index contributed by atoms with van der Waals surface area (Å²) in [6.07, 6.45) is 7.02. The van der Waals surface area contributed by atoms with Crippen molar-refractivity contribution in [1.29, 1.82) is 0 Å². The maximum atomic E-state index is 5.49. The van der Waals surface area contributed by atoms with Gasteiger partial charge in [-0.15, -0.1) is 0 Å². The highest BCUT2D eigenvalue weighted by Crippen LogP contribution is 2.32. The van der Waals surface area contributed by atoms with Crippen LogP contribution in [0.25, 0.3) is 0 Å². The van der Waals surface area contributed by atoms with Gasteiger partial charge in [0.1, 0.15) is 0 Å². The van der Waals surface area contributed by atoms with E-state index in [1.807, 2.05) is 30.6 Å². The van der Waals surface area contributed by atoms with Crippen LogP contribution in [0.1, 0.15) is 25.7 Å². The third kappa shape index (κ3) is 4.74. The number of hydrogen-bond acceptors (Lipinski definition) is 4. The van der Waals surface area contributed by atoms with Crippen molar-refractivity contribution >= 4 is 29.5 Å². The zero-order chi connectivity index (χ0) is 14.3. The number of thioether (sulfide) groups is 2. The number of rotatable bonds is 4. The van der Waals surface area contributed by atoms with Crippen LogP contribution in [0.5, 0.6) is 0 Å². The predicted octanol–water partition coefficient (Wildman–Crippen LogP) is 1.96. The van der Waals surface area contributed by atoms with E-state index in [1.54, 1.807) is 0 Å². The zero-order valence-electron chi connectivity index (χ0n) is 12.6. The van der Waals surface area contributed by atoms with Crippen molar-refractivity contribution in [3.05, 3.63) is 0 Å². The highest BCUT2D eigenvalue weighted by molar-refractivity contribution is 8.00. The van der Waals surface area contributed by atoms with Crippen molar-refractivity contribution in [1.82, 2.24) is 10.6 Å². The van der Waals surface area contributed by atoms with Crippen molar-refractivity contribution in [2.75, 3.05) is 44.6 Å². The SMILES string of the molecule is CN=C(NCC1(SC)CCOCC1)NC1CCCSC1. The van der Waals surface area contributed by atoms with Gasteiger partial charge in [0.25, 0.3) is 0 Å². The van der Waals surface area contributed by atoms with Crippen LogP contribution in [0.3, 0.4) is 0 Å². The third-order valence-corrected chi connectivity index (χ3v) is 6.77. The standard InChI is InChI=1S/C14H27N3OS2/c1-15-13(17-12-4-3-9-20-10-12)16-11-14(19-2)5-7-18-8-6-14/h12H,3-11H2,1-2H3,(H2,15,16,17). The number of guanidine groups is 1. The summed E-state index contributed by atoms with van der Waals surface area (Å²) in [5.74, 6) is 3.46. The third-order valence-electron chi connectivity index (χ3n) is 4.14.